The first kappa shape index (κ1) is 15.7. The Balaban J connectivity index is 0.00000225. The molecule has 4 nitrogen and oxygen atoms in total. The van der Waals surface area contributed by atoms with Gasteiger partial charge in [-0.2, -0.15) is 0 Å². The van der Waals surface area contributed by atoms with Crippen molar-refractivity contribution in [2.24, 2.45) is 5.92 Å². The average molecular weight is 251 g/mol. The lowest BCUT2D eigenvalue weighted by molar-refractivity contribution is -0.144. The Labute approximate surface area is 104 Å². The van der Waals surface area contributed by atoms with E-state index in [0.29, 0.717) is 19.1 Å². The fourth-order valence-corrected chi connectivity index (χ4v) is 2.01. The summed E-state index contributed by atoms with van der Waals surface area (Å²) in [6.45, 7) is 5.90. The quantitative estimate of drug-likeness (QED) is 0.737. The highest BCUT2D eigenvalue weighted by molar-refractivity contribution is 5.85. The second-order valence-corrected chi connectivity index (χ2v) is 4.21. The number of carbonyl (C=O) groups is 1. The Morgan fingerprint density at radius 2 is 2.31 bits per heavy atom. The maximum Gasteiger partial charge on any atom is 0.320 e. The molecule has 96 valence electrons. The molecule has 0 aromatic heterocycles. The second-order valence-electron chi connectivity index (χ2n) is 4.21. The van der Waals surface area contributed by atoms with E-state index < -0.39 is 0 Å². The maximum atomic E-state index is 11.2. The van der Waals surface area contributed by atoms with E-state index in [4.69, 9.17) is 4.74 Å². The summed E-state index contributed by atoms with van der Waals surface area (Å²) in [4.78, 5) is 13.3. The van der Waals surface area contributed by atoms with Gasteiger partial charge in [-0.3, -0.25) is 9.69 Å². The number of hydrogen-bond acceptors (Lipinski definition) is 4. The highest BCUT2D eigenvalue weighted by Crippen LogP contribution is 2.10. The molecule has 1 heterocycles. The molecule has 5 heteroatoms. The molecule has 1 N–H and O–H groups in total. The molecule has 0 aromatic carbocycles. The van der Waals surface area contributed by atoms with Gasteiger partial charge in [0.2, 0.25) is 0 Å². The summed E-state index contributed by atoms with van der Waals surface area (Å²) in [6, 6.07) is 0. The topological polar surface area (TPSA) is 41.6 Å². The Hall–Kier alpha value is -0.320. The molecule has 0 aliphatic carbocycles. The third-order valence-electron chi connectivity index (χ3n) is 2.67. The van der Waals surface area contributed by atoms with E-state index in [9.17, 15) is 4.79 Å². The van der Waals surface area contributed by atoms with E-state index in [2.05, 4.69) is 10.2 Å². The minimum atomic E-state index is -0.122. The molecule has 16 heavy (non-hydrogen) atoms. The van der Waals surface area contributed by atoms with Gasteiger partial charge in [0.1, 0.15) is 0 Å². The van der Waals surface area contributed by atoms with E-state index in [1.165, 1.54) is 12.8 Å². The van der Waals surface area contributed by atoms with Crippen LogP contribution in [0.4, 0.5) is 0 Å². The number of hydrogen-bond donors (Lipinski definition) is 1. The van der Waals surface area contributed by atoms with E-state index in [1.54, 1.807) is 0 Å². The Morgan fingerprint density at radius 3 is 2.88 bits per heavy atom. The predicted octanol–water partition coefficient (Wildman–Crippen LogP) is 0.903. The number of rotatable bonds is 5. The lowest BCUT2D eigenvalue weighted by Gasteiger charge is -2.26. The van der Waals surface area contributed by atoms with Crippen LogP contribution in [0.5, 0.6) is 0 Å². The number of nitrogens with one attached hydrogen (secondary N) is 1. The van der Waals surface area contributed by atoms with Crippen molar-refractivity contribution in [1.29, 1.82) is 0 Å². The zero-order valence-electron chi connectivity index (χ0n) is 10.2. The van der Waals surface area contributed by atoms with Gasteiger partial charge in [0.05, 0.1) is 13.2 Å². The molecule has 1 atom stereocenters. The minimum Gasteiger partial charge on any atom is -0.465 e. The summed E-state index contributed by atoms with van der Waals surface area (Å²) in [5, 5.41) is 3.38. The summed E-state index contributed by atoms with van der Waals surface area (Å²) in [5.74, 6) is 0.557. The van der Waals surface area contributed by atoms with Gasteiger partial charge in [0.25, 0.3) is 0 Å². The molecule has 1 aliphatic heterocycles. The first-order valence-electron chi connectivity index (χ1n) is 5.77. The molecular formula is C11H23ClN2O2. The van der Waals surface area contributed by atoms with Crippen LogP contribution in [0, 0.1) is 5.92 Å². The lowest BCUT2D eigenvalue weighted by atomic mass is 9.99. The number of halogens is 1. The Bertz CT molecular complexity index is 196. The van der Waals surface area contributed by atoms with Crippen molar-refractivity contribution in [2.45, 2.75) is 19.8 Å². The van der Waals surface area contributed by atoms with E-state index >= 15 is 0 Å². The molecular weight excluding hydrogens is 228 g/mol. The van der Waals surface area contributed by atoms with Gasteiger partial charge in [-0.1, -0.05) is 0 Å². The molecule has 1 saturated heterocycles. The van der Waals surface area contributed by atoms with Crippen molar-refractivity contribution in [3.05, 3.63) is 0 Å². The highest BCUT2D eigenvalue weighted by Gasteiger charge is 2.16. The SMILES string of the molecule is CCOC(=O)CN(C)CC1CCCNC1.Cl. The van der Waals surface area contributed by atoms with Crippen LogP contribution in [0.3, 0.4) is 0 Å². The van der Waals surface area contributed by atoms with E-state index in [-0.39, 0.29) is 18.4 Å². The van der Waals surface area contributed by atoms with Crippen molar-refractivity contribution >= 4 is 18.4 Å². The van der Waals surface area contributed by atoms with Crippen LogP contribution >= 0.6 is 12.4 Å². The number of likely N-dealkylation sites (N-methyl/N-ethyl adjacent to an activating group) is 1. The van der Waals surface area contributed by atoms with Crippen LogP contribution in [0.15, 0.2) is 0 Å². The van der Waals surface area contributed by atoms with Gasteiger partial charge in [-0.15, -0.1) is 12.4 Å². The van der Waals surface area contributed by atoms with E-state index in [0.717, 1.165) is 19.6 Å². The third kappa shape index (κ3) is 6.30. The number of piperidine rings is 1. The minimum absolute atomic E-state index is 0. The van der Waals surface area contributed by atoms with E-state index in [1.807, 2.05) is 14.0 Å². The number of esters is 1. The van der Waals surface area contributed by atoms with Crippen molar-refractivity contribution in [3.63, 3.8) is 0 Å². The van der Waals surface area contributed by atoms with Crippen LogP contribution in [-0.2, 0) is 9.53 Å². The molecule has 0 radical (unpaired) electrons. The zero-order valence-corrected chi connectivity index (χ0v) is 11.0. The molecule has 1 rings (SSSR count). The summed E-state index contributed by atoms with van der Waals surface area (Å²) in [7, 11) is 1.98. The molecule has 1 fully saturated rings. The summed E-state index contributed by atoms with van der Waals surface area (Å²) in [5.41, 5.74) is 0. The zero-order chi connectivity index (χ0) is 11.1. The highest BCUT2D eigenvalue weighted by atomic mass is 35.5. The normalized spacial score (nSPS) is 20.3. The summed E-state index contributed by atoms with van der Waals surface area (Å²) < 4.78 is 4.91. The first-order chi connectivity index (χ1) is 7.22. The summed E-state index contributed by atoms with van der Waals surface area (Å²) in [6.07, 6.45) is 2.51. The Kier molecular flexibility index (Phi) is 8.61. The molecule has 0 amide bonds. The van der Waals surface area contributed by atoms with Crippen LogP contribution in [0.2, 0.25) is 0 Å². The molecule has 1 unspecified atom stereocenters. The summed E-state index contributed by atoms with van der Waals surface area (Å²) >= 11 is 0. The van der Waals surface area contributed by atoms with Crippen LogP contribution in [0.25, 0.3) is 0 Å². The molecule has 0 spiro atoms. The molecule has 0 aromatic rings. The van der Waals surface area contributed by atoms with Gasteiger partial charge in [0, 0.05) is 6.54 Å². The van der Waals surface area contributed by atoms with Crippen LogP contribution in [-0.4, -0.2) is 50.7 Å². The van der Waals surface area contributed by atoms with Crippen molar-refractivity contribution in [1.82, 2.24) is 10.2 Å². The number of nitrogens with zero attached hydrogens (tertiary/aromatic N) is 1. The van der Waals surface area contributed by atoms with Gasteiger partial charge >= 0.3 is 5.97 Å². The monoisotopic (exact) mass is 250 g/mol. The molecule has 1 aliphatic rings. The number of carbonyl (C=O) groups excluding carboxylic acids is 1. The largest absolute Gasteiger partial charge is 0.465 e. The van der Waals surface area contributed by atoms with Crippen molar-refractivity contribution < 1.29 is 9.53 Å². The third-order valence-corrected chi connectivity index (χ3v) is 2.67. The number of ether oxygens (including phenoxy) is 1. The van der Waals surface area contributed by atoms with Gasteiger partial charge in [0.15, 0.2) is 0 Å². The Morgan fingerprint density at radius 1 is 1.56 bits per heavy atom. The van der Waals surface area contributed by atoms with Gasteiger partial charge < -0.3 is 10.1 Å². The fourth-order valence-electron chi connectivity index (χ4n) is 2.01. The van der Waals surface area contributed by atoms with Crippen LogP contribution < -0.4 is 5.32 Å². The maximum absolute atomic E-state index is 11.2. The smallest absolute Gasteiger partial charge is 0.320 e. The van der Waals surface area contributed by atoms with Crippen molar-refractivity contribution in [3.8, 4) is 0 Å². The second kappa shape index (κ2) is 8.79. The lowest BCUT2D eigenvalue weighted by Crippen LogP contribution is -2.38. The molecule has 0 bridgehead atoms. The van der Waals surface area contributed by atoms with Crippen LogP contribution in [0.1, 0.15) is 19.8 Å². The average Bonchev–Trinajstić information content (AvgIpc) is 2.19. The van der Waals surface area contributed by atoms with Gasteiger partial charge in [-0.25, -0.2) is 0 Å². The van der Waals surface area contributed by atoms with Gasteiger partial charge in [-0.05, 0) is 45.8 Å². The predicted molar refractivity (Wildman–Crippen MR) is 67.0 cm³/mol. The molecule has 0 saturated carbocycles. The fraction of sp³-hybridized carbons (Fsp3) is 0.909. The first-order valence-corrected chi connectivity index (χ1v) is 5.77. The van der Waals surface area contributed by atoms with Crippen molar-refractivity contribution in [2.75, 3.05) is 39.8 Å². The standard InChI is InChI=1S/C11H22N2O2.ClH/c1-3-15-11(14)9-13(2)8-10-5-4-6-12-7-10;/h10,12H,3-9H2,1-2H3;1H.